The molecule has 0 radical (unpaired) electrons. The zero-order chi connectivity index (χ0) is 21.1. The van der Waals surface area contributed by atoms with E-state index in [-0.39, 0.29) is 5.96 Å². The first kappa shape index (κ1) is 20.7. The topological polar surface area (TPSA) is 98.9 Å². The third kappa shape index (κ3) is 4.70. The summed E-state index contributed by atoms with van der Waals surface area (Å²) in [7, 11) is 5.82. The molecule has 0 aliphatic rings. The minimum Gasteiger partial charge on any atom is -0.487 e. The van der Waals surface area contributed by atoms with E-state index in [2.05, 4.69) is 22.0 Å². The lowest BCUT2D eigenvalue weighted by Crippen LogP contribution is -2.24. The SMILES string of the molecule is CN(C)Cc1ccc(COc2ccc(Cl)c3cc(C(=O)N=C(N)N)n(C)c23)cc1. The highest BCUT2D eigenvalue weighted by Gasteiger charge is 2.18. The number of amides is 1. The van der Waals surface area contributed by atoms with Crippen molar-refractivity contribution in [3.63, 3.8) is 0 Å². The van der Waals surface area contributed by atoms with Gasteiger partial charge in [0.05, 0.1) is 10.5 Å². The van der Waals surface area contributed by atoms with Gasteiger partial charge >= 0.3 is 0 Å². The normalized spacial score (nSPS) is 11.1. The molecule has 1 heterocycles. The van der Waals surface area contributed by atoms with E-state index >= 15 is 0 Å². The Labute approximate surface area is 174 Å². The Balaban J connectivity index is 1.88. The van der Waals surface area contributed by atoms with Gasteiger partial charge in [-0.2, -0.15) is 4.99 Å². The lowest BCUT2D eigenvalue weighted by atomic mass is 10.1. The molecule has 0 fully saturated rings. The second kappa shape index (κ2) is 8.55. The fourth-order valence-corrected chi connectivity index (χ4v) is 3.37. The average molecular weight is 414 g/mol. The fourth-order valence-electron chi connectivity index (χ4n) is 3.16. The standard InChI is InChI=1S/C21H24ClN5O2/c1-26(2)11-13-4-6-14(7-5-13)12-29-18-9-8-16(22)15-10-17(27(3)19(15)18)20(28)25-21(23)24/h4-10H,11-12H2,1-3H3,(H4,23,24,25,28). The van der Waals surface area contributed by atoms with Gasteiger partial charge in [-0.3, -0.25) is 4.79 Å². The van der Waals surface area contributed by atoms with Crippen LogP contribution in [0.2, 0.25) is 5.02 Å². The van der Waals surface area contributed by atoms with E-state index in [0.717, 1.165) is 12.1 Å². The molecule has 0 saturated heterocycles. The molecule has 152 valence electrons. The Kier molecular flexibility index (Phi) is 6.10. The maximum atomic E-state index is 12.3. The van der Waals surface area contributed by atoms with E-state index in [0.29, 0.717) is 34.0 Å². The predicted molar refractivity (Wildman–Crippen MR) is 116 cm³/mol. The summed E-state index contributed by atoms with van der Waals surface area (Å²) in [4.78, 5) is 18.0. The van der Waals surface area contributed by atoms with E-state index in [9.17, 15) is 4.79 Å². The average Bonchev–Trinajstić information content (AvgIpc) is 3.00. The van der Waals surface area contributed by atoms with Gasteiger partial charge in [0.2, 0.25) is 0 Å². The van der Waals surface area contributed by atoms with Gasteiger partial charge in [0.15, 0.2) is 5.96 Å². The summed E-state index contributed by atoms with van der Waals surface area (Å²) < 4.78 is 7.74. The molecule has 1 amide bonds. The summed E-state index contributed by atoms with van der Waals surface area (Å²) >= 11 is 6.33. The second-order valence-corrected chi connectivity index (χ2v) is 7.49. The van der Waals surface area contributed by atoms with Crippen LogP contribution in [-0.2, 0) is 20.2 Å². The predicted octanol–water partition coefficient (Wildman–Crippen LogP) is 2.89. The number of carbonyl (C=O) groups excluding carboxylic acids is 1. The van der Waals surface area contributed by atoms with Crippen LogP contribution in [0.15, 0.2) is 47.5 Å². The zero-order valence-electron chi connectivity index (χ0n) is 16.6. The van der Waals surface area contributed by atoms with Crippen LogP contribution in [0.5, 0.6) is 5.75 Å². The van der Waals surface area contributed by atoms with Crippen LogP contribution >= 0.6 is 11.6 Å². The Morgan fingerprint density at radius 3 is 2.41 bits per heavy atom. The monoisotopic (exact) mass is 413 g/mol. The number of aryl methyl sites for hydroxylation is 1. The summed E-state index contributed by atoms with van der Waals surface area (Å²) in [5.74, 6) is -0.212. The van der Waals surface area contributed by atoms with Crippen LogP contribution in [0, 0.1) is 0 Å². The Hall–Kier alpha value is -3.03. The molecular formula is C21H24ClN5O2. The molecule has 0 unspecified atom stereocenters. The molecule has 0 spiro atoms. The molecule has 0 saturated carbocycles. The summed E-state index contributed by atoms with van der Waals surface area (Å²) in [6.07, 6.45) is 0. The van der Waals surface area contributed by atoms with Gasteiger partial charge in [0.1, 0.15) is 18.1 Å². The largest absolute Gasteiger partial charge is 0.487 e. The van der Waals surface area contributed by atoms with Gasteiger partial charge in [-0.1, -0.05) is 35.9 Å². The zero-order valence-corrected chi connectivity index (χ0v) is 17.4. The second-order valence-electron chi connectivity index (χ2n) is 7.08. The van der Waals surface area contributed by atoms with Gasteiger partial charge in [0, 0.05) is 19.0 Å². The number of ether oxygens (including phenoxy) is 1. The van der Waals surface area contributed by atoms with Crippen LogP contribution in [-0.4, -0.2) is 35.4 Å². The number of halogens is 1. The van der Waals surface area contributed by atoms with E-state index in [4.69, 9.17) is 27.8 Å². The van der Waals surface area contributed by atoms with Crippen molar-refractivity contribution < 1.29 is 9.53 Å². The molecule has 2 aromatic carbocycles. The number of rotatable bonds is 6. The van der Waals surface area contributed by atoms with Crippen molar-refractivity contribution in [3.8, 4) is 5.75 Å². The first-order chi connectivity index (χ1) is 13.8. The van der Waals surface area contributed by atoms with Gasteiger partial charge in [0.25, 0.3) is 5.91 Å². The minimum absolute atomic E-state index is 0.291. The smallest absolute Gasteiger partial charge is 0.296 e. The van der Waals surface area contributed by atoms with Crippen molar-refractivity contribution in [1.29, 1.82) is 0 Å². The van der Waals surface area contributed by atoms with Gasteiger partial charge in [-0.15, -0.1) is 0 Å². The van der Waals surface area contributed by atoms with E-state index in [1.54, 1.807) is 29.8 Å². The molecular weight excluding hydrogens is 390 g/mol. The van der Waals surface area contributed by atoms with Crippen LogP contribution in [0.4, 0.5) is 0 Å². The first-order valence-corrected chi connectivity index (χ1v) is 9.41. The molecule has 7 nitrogen and oxygen atoms in total. The van der Waals surface area contributed by atoms with Crippen LogP contribution in [0.3, 0.4) is 0 Å². The van der Waals surface area contributed by atoms with Gasteiger partial charge in [-0.25, -0.2) is 0 Å². The molecule has 8 heteroatoms. The number of hydrogen-bond acceptors (Lipinski definition) is 3. The number of guanidine groups is 1. The highest BCUT2D eigenvalue weighted by molar-refractivity contribution is 6.36. The van der Waals surface area contributed by atoms with Crippen molar-refractivity contribution in [1.82, 2.24) is 9.47 Å². The van der Waals surface area contributed by atoms with Crippen LogP contribution in [0.1, 0.15) is 21.6 Å². The van der Waals surface area contributed by atoms with E-state index in [1.165, 1.54) is 5.56 Å². The lowest BCUT2D eigenvalue weighted by Gasteiger charge is -2.12. The molecule has 3 aromatic rings. The summed E-state index contributed by atoms with van der Waals surface area (Å²) in [6.45, 7) is 1.27. The summed E-state index contributed by atoms with van der Waals surface area (Å²) in [5.41, 5.74) is 14.0. The third-order valence-electron chi connectivity index (χ3n) is 4.47. The van der Waals surface area contributed by atoms with Crippen molar-refractivity contribution in [3.05, 3.63) is 64.3 Å². The third-order valence-corrected chi connectivity index (χ3v) is 4.80. The van der Waals surface area contributed by atoms with Crippen LogP contribution < -0.4 is 16.2 Å². The number of aliphatic imine (C=N–C) groups is 1. The molecule has 4 N–H and O–H groups in total. The van der Waals surface area contributed by atoms with Crippen molar-refractivity contribution >= 4 is 34.4 Å². The quantitative estimate of drug-likeness (QED) is 0.478. The number of hydrogen-bond donors (Lipinski definition) is 2. The number of nitrogens with two attached hydrogens (primary N) is 2. The number of aromatic nitrogens is 1. The summed E-state index contributed by atoms with van der Waals surface area (Å²) in [6, 6.07) is 13.5. The maximum Gasteiger partial charge on any atom is 0.296 e. The van der Waals surface area contributed by atoms with Crippen LogP contribution in [0.25, 0.3) is 10.9 Å². The minimum atomic E-state index is -0.540. The molecule has 0 aliphatic carbocycles. The molecule has 3 rings (SSSR count). The Bertz CT molecular complexity index is 1070. The van der Waals surface area contributed by atoms with Gasteiger partial charge < -0.3 is 25.7 Å². The fraction of sp³-hybridized carbons (Fsp3) is 0.238. The number of carbonyl (C=O) groups is 1. The molecule has 0 atom stereocenters. The Morgan fingerprint density at radius 2 is 1.79 bits per heavy atom. The van der Waals surface area contributed by atoms with Gasteiger partial charge in [-0.05, 0) is 43.4 Å². The number of benzene rings is 2. The Morgan fingerprint density at radius 1 is 1.14 bits per heavy atom. The lowest BCUT2D eigenvalue weighted by molar-refractivity contribution is 0.0995. The van der Waals surface area contributed by atoms with Crippen molar-refractivity contribution in [2.24, 2.45) is 23.5 Å². The number of nitrogens with zero attached hydrogens (tertiary/aromatic N) is 3. The van der Waals surface area contributed by atoms with Crippen molar-refractivity contribution in [2.45, 2.75) is 13.2 Å². The van der Waals surface area contributed by atoms with E-state index in [1.807, 2.05) is 26.2 Å². The highest BCUT2D eigenvalue weighted by atomic mass is 35.5. The molecule has 0 aliphatic heterocycles. The molecule has 1 aromatic heterocycles. The first-order valence-electron chi connectivity index (χ1n) is 9.03. The maximum absolute atomic E-state index is 12.3. The summed E-state index contributed by atoms with van der Waals surface area (Å²) in [5, 5.41) is 1.21. The highest BCUT2D eigenvalue weighted by Crippen LogP contribution is 2.34. The number of fused-ring (bicyclic) bond motifs is 1. The van der Waals surface area contributed by atoms with Crippen molar-refractivity contribution in [2.75, 3.05) is 14.1 Å². The molecule has 29 heavy (non-hydrogen) atoms. The van der Waals surface area contributed by atoms with E-state index < -0.39 is 5.91 Å². The molecule has 0 bridgehead atoms.